The molecule has 0 saturated carbocycles. The molecular formula is C13H16N2O2. The summed E-state index contributed by atoms with van der Waals surface area (Å²) in [6, 6.07) is 8.15. The zero-order valence-electron chi connectivity index (χ0n) is 9.82. The molecule has 2 N–H and O–H groups in total. The van der Waals surface area contributed by atoms with E-state index in [-0.39, 0.29) is 12.5 Å². The Hall–Kier alpha value is -1.81. The molecule has 1 heterocycles. The number of H-pyrrole nitrogens is 1. The molecule has 0 atom stereocenters. The zero-order chi connectivity index (χ0) is 12.1. The third kappa shape index (κ3) is 2.85. The molecule has 0 aliphatic rings. The van der Waals surface area contributed by atoms with Crippen molar-refractivity contribution in [3.8, 4) is 0 Å². The van der Waals surface area contributed by atoms with Crippen molar-refractivity contribution in [2.75, 3.05) is 20.3 Å². The molecule has 0 aliphatic carbocycles. The lowest BCUT2D eigenvalue weighted by Crippen LogP contribution is -2.28. The predicted molar refractivity (Wildman–Crippen MR) is 66.9 cm³/mol. The number of rotatable bonds is 5. The second kappa shape index (κ2) is 5.50. The molecule has 1 aromatic carbocycles. The number of aromatic amines is 1. The van der Waals surface area contributed by atoms with E-state index >= 15 is 0 Å². The van der Waals surface area contributed by atoms with Crippen LogP contribution in [0.1, 0.15) is 5.56 Å². The van der Waals surface area contributed by atoms with Gasteiger partial charge in [0.1, 0.15) is 6.61 Å². The Labute approximate surface area is 100.0 Å². The Morgan fingerprint density at radius 3 is 3.06 bits per heavy atom. The highest BCUT2D eigenvalue weighted by Crippen LogP contribution is 2.17. The van der Waals surface area contributed by atoms with Crippen LogP contribution in [0.15, 0.2) is 30.5 Å². The Balaban J connectivity index is 1.93. The van der Waals surface area contributed by atoms with Crippen LogP contribution in [0.2, 0.25) is 0 Å². The second-order valence-corrected chi connectivity index (χ2v) is 3.89. The van der Waals surface area contributed by atoms with Gasteiger partial charge in [-0.25, -0.2) is 0 Å². The predicted octanol–water partition coefficient (Wildman–Crippen LogP) is 1.47. The van der Waals surface area contributed by atoms with Gasteiger partial charge in [-0.15, -0.1) is 0 Å². The number of hydrogen-bond acceptors (Lipinski definition) is 2. The van der Waals surface area contributed by atoms with Gasteiger partial charge in [-0.05, 0) is 18.1 Å². The molecule has 0 radical (unpaired) electrons. The summed E-state index contributed by atoms with van der Waals surface area (Å²) in [5, 5.41) is 4.02. The van der Waals surface area contributed by atoms with E-state index in [4.69, 9.17) is 4.74 Å². The second-order valence-electron chi connectivity index (χ2n) is 3.89. The number of ether oxygens (including phenoxy) is 1. The highest BCUT2D eigenvalue weighted by Gasteiger charge is 2.03. The number of carbonyl (C=O) groups excluding carboxylic acids is 1. The Morgan fingerprint density at radius 1 is 1.41 bits per heavy atom. The number of fused-ring (bicyclic) bond motifs is 1. The largest absolute Gasteiger partial charge is 0.375 e. The zero-order valence-corrected chi connectivity index (χ0v) is 9.82. The molecule has 90 valence electrons. The SMILES string of the molecule is COCC(=O)NCCc1c[nH]c2ccccc12. The van der Waals surface area contributed by atoms with Crippen molar-refractivity contribution in [3.05, 3.63) is 36.0 Å². The lowest BCUT2D eigenvalue weighted by molar-refractivity contribution is -0.124. The van der Waals surface area contributed by atoms with E-state index in [0.717, 1.165) is 11.9 Å². The van der Waals surface area contributed by atoms with Crippen LogP contribution in [-0.2, 0) is 16.0 Å². The van der Waals surface area contributed by atoms with Gasteiger partial charge in [0.15, 0.2) is 0 Å². The summed E-state index contributed by atoms with van der Waals surface area (Å²) < 4.78 is 4.74. The van der Waals surface area contributed by atoms with E-state index in [9.17, 15) is 4.79 Å². The van der Waals surface area contributed by atoms with Gasteiger partial charge in [0, 0.05) is 30.8 Å². The molecular weight excluding hydrogens is 216 g/mol. The summed E-state index contributed by atoms with van der Waals surface area (Å²) in [6.07, 6.45) is 2.81. The number of aromatic nitrogens is 1. The number of benzene rings is 1. The molecule has 1 aromatic heterocycles. The smallest absolute Gasteiger partial charge is 0.245 e. The summed E-state index contributed by atoms with van der Waals surface area (Å²) >= 11 is 0. The fraction of sp³-hybridized carbons (Fsp3) is 0.308. The van der Waals surface area contributed by atoms with Gasteiger partial charge in [0.25, 0.3) is 0 Å². The standard InChI is InChI=1S/C13H16N2O2/c1-17-9-13(16)14-7-6-10-8-15-12-5-3-2-4-11(10)12/h2-5,8,15H,6-7,9H2,1H3,(H,14,16). The molecule has 0 unspecified atom stereocenters. The highest BCUT2D eigenvalue weighted by atomic mass is 16.5. The highest BCUT2D eigenvalue weighted by molar-refractivity contribution is 5.83. The van der Waals surface area contributed by atoms with E-state index in [0.29, 0.717) is 6.54 Å². The van der Waals surface area contributed by atoms with Crippen LogP contribution < -0.4 is 5.32 Å². The number of hydrogen-bond donors (Lipinski definition) is 2. The van der Waals surface area contributed by atoms with E-state index in [1.165, 1.54) is 18.1 Å². The van der Waals surface area contributed by atoms with Gasteiger partial charge in [0.05, 0.1) is 0 Å². The summed E-state index contributed by atoms with van der Waals surface area (Å²) in [5.41, 5.74) is 2.35. The summed E-state index contributed by atoms with van der Waals surface area (Å²) in [7, 11) is 1.51. The molecule has 0 bridgehead atoms. The van der Waals surface area contributed by atoms with E-state index < -0.39 is 0 Å². The van der Waals surface area contributed by atoms with Crippen LogP contribution in [0.25, 0.3) is 10.9 Å². The third-order valence-electron chi connectivity index (χ3n) is 2.67. The normalized spacial score (nSPS) is 10.6. The van der Waals surface area contributed by atoms with Gasteiger partial charge < -0.3 is 15.0 Å². The number of methoxy groups -OCH3 is 1. The van der Waals surface area contributed by atoms with Gasteiger partial charge in [-0.3, -0.25) is 4.79 Å². The van der Waals surface area contributed by atoms with Gasteiger partial charge in [-0.2, -0.15) is 0 Å². The maximum atomic E-state index is 11.2. The first-order valence-corrected chi connectivity index (χ1v) is 5.62. The summed E-state index contributed by atoms with van der Waals surface area (Å²) in [5.74, 6) is -0.0765. The Bertz CT molecular complexity index is 505. The van der Waals surface area contributed by atoms with Crippen LogP contribution >= 0.6 is 0 Å². The maximum Gasteiger partial charge on any atom is 0.245 e. The summed E-state index contributed by atoms with van der Waals surface area (Å²) in [4.78, 5) is 14.4. The lowest BCUT2D eigenvalue weighted by Gasteiger charge is -2.03. The Kier molecular flexibility index (Phi) is 3.77. The molecule has 0 aliphatic heterocycles. The molecule has 4 heteroatoms. The average Bonchev–Trinajstić information content (AvgIpc) is 2.73. The molecule has 4 nitrogen and oxygen atoms in total. The average molecular weight is 232 g/mol. The number of amides is 1. The minimum Gasteiger partial charge on any atom is -0.375 e. The fourth-order valence-electron chi connectivity index (χ4n) is 1.86. The van der Waals surface area contributed by atoms with Gasteiger partial charge >= 0.3 is 0 Å². The van der Waals surface area contributed by atoms with Gasteiger partial charge in [0.2, 0.25) is 5.91 Å². The molecule has 0 fully saturated rings. The van der Waals surface area contributed by atoms with Crippen LogP contribution in [0.5, 0.6) is 0 Å². The van der Waals surface area contributed by atoms with Crippen molar-refractivity contribution >= 4 is 16.8 Å². The van der Waals surface area contributed by atoms with Crippen molar-refractivity contribution < 1.29 is 9.53 Å². The first-order valence-electron chi connectivity index (χ1n) is 5.62. The first-order chi connectivity index (χ1) is 8.31. The van der Waals surface area contributed by atoms with Crippen LogP contribution in [-0.4, -0.2) is 31.2 Å². The quantitative estimate of drug-likeness (QED) is 0.820. The molecule has 2 aromatic rings. The monoisotopic (exact) mass is 232 g/mol. The van der Waals surface area contributed by atoms with Crippen molar-refractivity contribution in [2.45, 2.75) is 6.42 Å². The van der Waals surface area contributed by atoms with E-state index in [1.54, 1.807) is 0 Å². The fourth-order valence-corrected chi connectivity index (χ4v) is 1.86. The molecule has 17 heavy (non-hydrogen) atoms. The van der Waals surface area contributed by atoms with E-state index in [2.05, 4.69) is 16.4 Å². The first kappa shape index (κ1) is 11.7. The number of nitrogens with one attached hydrogen (secondary N) is 2. The molecule has 2 rings (SSSR count). The third-order valence-corrected chi connectivity index (χ3v) is 2.67. The van der Waals surface area contributed by atoms with Crippen molar-refractivity contribution in [1.29, 1.82) is 0 Å². The minimum atomic E-state index is -0.0765. The number of para-hydroxylation sites is 1. The van der Waals surface area contributed by atoms with Crippen LogP contribution in [0.3, 0.4) is 0 Å². The number of carbonyl (C=O) groups is 1. The maximum absolute atomic E-state index is 11.2. The van der Waals surface area contributed by atoms with Crippen LogP contribution in [0.4, 0.5) is 0 Å². The van der Waals surface area contributed by atoms with Crippen molar-refractivity contribution in [3.63, 3.8) is 0 Å². The van der Waals surface area contributed by atoms with Crippen molar-refractivity contribution in [2.24, 2.45) is 0 Å². The minimum absolute atomic E-state index is 0.0765. The molecule has 0 spiro atoms. The molecule has 1 amide bonds. The van der Waals surface area contributed by atoms with Gasteiger partial charge in [-0.1, -0.05) is 18.2 Å². The summed E-state index contributed by atoms with van der Waals surface area (Å²) in [6.45, 7) is 0.748. The van der Waals surface area contributed by atoms with E-state index in [1.807, 2.05) is 24.4 Å². The molecule has 0 saturated heterocycles. The Morgan fingerprint density at radius 2 is 2.24 bits per heavy atom. The van der Waals surface area contributed by atoms with Crippen LogP contribution in [0, 0.1) is 0 Å². The lowest BCUT2D eigenvalue weighted by atomic mass is 10.1. The van der Waals surface area contributed by atoms with Crippen molar-refractivity contribution in [1.82, 2.24) is 10.3 Å². The topological polar surface area (TPSA) is 54.1 Å².